The molecule has 0 aliphatic rings. The van der Waals surface area contributed by atoms with Crippen molar-refractivity contribution < 1.29 is 0 Å². The molecule has 0 radical (unpaired) electrons. The van der Waals surface area contributed by atoms with Gasteiger partial charge in [-0.25, -0.2) is 0 Å². The Morgan fingerprint density at radius 2 is 2.06 bits per heavy atom. The summed E-state index contributed by atoms with van der Waals surface area (Å²) in [4.78, 5) is 12.3. The van der Waals surface area contributed by atoms with Gasteiger partial charge in [-0.2, -0.15) is 0 Å². The van der Waals surface area contributed by atoms with Gasteiger partial charge in [0.2, 0.25) is 0 Å². The first-order valence-corrected chi connectivity index (χ1v) is 6.01. The molecule has 0 aliphatic heterocycles. The van der Waals surface area contributed by atoms with E-state index in [1.165, 1.54) is 0 Å². The third-order valence-electron chi connectivity index (χ3n) is 3.23. The van der Waals surface area contributed by atoms with Crippen molar-refractivity contribution >= 4 is 10.9 Å². The second kappa shape index (κ2) is 4.72. The molecule has 3 nitrogen and oxygen atoms in total. The van der Waals surface area contributed by atoms with E-state index in [0.29, 0.717) is 13.1 Å². The Labute approximate surface area is 101 Å². The predicted octanol–water partition coefficient (Wildman–Crippen LogP) is 2.08. The average molecular weight is 230 g/mol. The number of nitrogens with two attached hydrogens (primary N) is 1. The van der Waals surface area contributed by atoms with E-state index in [4.69, 9.17) is 5.73 Å². The second-order valence-electron chi connectivity index (χ2n) is 4.34. The van der Waals surface area contributed by atoms with Crippen molar-refractivity contribution in [3.63, 3.8) is 0 Å². The molecule has 0 spiro atoms. The Bertz CT molecular complexity index is 586. The molecule has 90 valence electrons. The van der Waals surface area contributed by atoms with Gasteiger partial charge in [-0.3, -0.25) is 4.79 Å². The molecule has 0 bridgehead atoms. The Morgan fingerprint density at radius 3 is 2.71 bits per heavy atom. The van der Waals surface area contributed by atoms with Crippen LogP contribution >= 0.6 is 0 Å². The van der Waals surface area contributed by atoms with Crippen LogP contribution in [-0.2, 0) is 6.54 Å². The first kappa shape index (κ1) is 11.9. The van der Waals surface area contributed by atoms with E-state index in [1.54, 1.807) is 0 Å². The van der Waals surface area contributed by atoms with Gasteiger partial charge in [0.1, 0.15) is 0 Å². The minimum Gasteiger partial charge on any atom is -0.330 e. The summed E-state index contributed by atoms with van der Waals surface area (Å²) >= 11 is 0. The molecular weight excluding hydrogens is 212 g/mol. The molecule has 0 aliphatic carbocycles. The summed E-state index contributed by atoms with van der Waals surface area (Å²) in [5.74, 6) is 0.102. The normalized spacial score (nSPS) is 12.9. The summed E-state index contributed by atoms with van der Waals surface area (Å²) in [6, 6.07) is 9.94. The van der Waals surface area contributed by atoms with Gasteiger partial charge in [-0.1, -0.05) is 25.1 Å². The molecule has 1 aromatic carbocycles. The molecule has 0 saturated carbocycles. The number of benzene rings is 1. The molecule has 0 saturated heterocycles. The highest BCUT2D eigenvalue weighted by Crippen LogP contribution is 2.17. The maximum absolute atomic E-state index is 12.3. The van der Waals surface area contributed by atoms with E-state index >= 15 is 0 Å². The van der Waals surface area contributed by atoms with Crippen LogP contribution in [0.15, 0.2) is 35.1 Å². The SMILES string of the molecule is CCn1c(=O)c(C(C)CN)cc2ccccc21. The van der Waals surface area contributed by atoms with E-state index in [-0.39, 0.29) is 11.5 Å². The zero-order valence-electron chi connectivity index (χ0n) is 10.3. The Kier molecular flexibility index (Phi) is 3.29. The van der Waals surface area contributed by atoms with Crippen LogP contribution in [-0.4, -0.2) is 11.1 Å². The molecule has 3 heteroatoms. The van der Waals surface area contributed by atoms with Crippen LogP contribution in [0, 0.1) is 0 Å². The lowest BCUT2D eigenvalue weighted by Gasteiger charge is -2.14. The smallest absolute Gasteiger partial charge is 0.254 e. The fourth-order valence-electron chi connectivity index (χ4n) is 2.14. The topological polar surface area (TPSA) is 48.0 Å². The fraction of sp³-hybridized carbons (Fsp3) is 0.357. The van der Waals surface area contributed by atoms with Crippen LogP contribution in [0.2, 0.25) is 0 Å². The lowest BCUT2D eigenvalue weighted by atomic mass is 10.0. The van der Waals surface area contributed by atoms with Crippen molar-refractivity contribution in [2.45, 2.75) is 26.3 Å². The third-order valence-corrected chi connectivity index (χ3v) is 3.23. The number of hydrogen-bond donors (Lipinski definition) is 1. The summed E-state index contributed by atoms with van der Waals surface area (Å²) < 4.78 is 1.82. The molecule has 0 amide bonds. The minimum atomic E-state index is 0.0872. The number of rotatable bonds is 3. The fourth-order valence-corrected chi connectivity index (χ4v) is 2.14. The highest BCUT2D eigenvalue weighted by Gasteiger charge is 2.12. The zero-order valence-corrected chi connectivity index (χ0v) is 10.3. The molecule has 0 fully saturated rings. The Hall–Kier alpha value is -1.61. The number of nitrogens with zero attached hydrogens (tertiary/aromatic N) is 1. The van der Waals surface area contributed by atoms with Gasteiger partial charge in [0.05, 0.1) is 5.52 Å². The minimum absolute atomic E-state index is 0.0872. The Morgan fingerprint density at radius 1 is 1.35 bits per heavy atom. The van der Waals surface area contributed by atoms with Gasteiger partial charge < -0.3 is 10.3 Å². The van der Waals surface area contributed by atoms with Crippen molar-refractivity contribution in [1.82, 2.24) is 4.57 Å². The molecule has 2 N–H and O–H groups in total. The molecule has 1 heterocycles. The van der Waals surface area contributed by atoms with E-state index in [1.807, 2.05) is 48.7 Å². The summed E-state index contributed by atoms with van der Waals surface area (Å²) in [5, 5.41) is 1.10. The molecule has 17 heavy (non-hydrogen) atoms. The summed E-state index contributed by atoms with van der Waals surface area (Å²) in [6.45, 7) is 5.16. The standard InChI is InChI=1S/C14H18N2O/c1-3-16-13-7-5-4-6-11(13)8-12(14(16)17)10(2)9-15/h4-8,10H,3,9,15H2,1-2H3. The van der Waals surface area contributed by atoms with Gasteiger partial charge >= 0.3 is 0 Å². The first-order valence-electron chi connectivity index (χ1n) is 6.01. The van der Waals surface area contributed by atoms with Crippen molar-refractivity contribution in [2.24, 2.45) is 5.73 Å². The van der Waals surface area contributed by atoms with Gasteiger partial charge in [-0.05, 0) is 36.9 Å². The van der Waals surface area contributed by atoms with Crippen LogP contribution in [0.1, 0.15) is 25.3 Å². The van der Waals surface area contributed by atoms with E-state index in [0.717, 1.165) is 16.5 Å². The summed E-state index contributed by atoms with van der Waals surface area (Å²) in [5.41, 5.74) is 7.55. The molecule has 1 aromatic heterocycles. The van der Waals surface area contributed by atoms with Crippen molar-refractivity contribution in [2.75, 3.05) is 6.54 Å². The largest absolute Gasteiger partial charge is 0.330 e. The highest BCUT2D eigenvalue weighted by molar-refractivity contribution is 5.79. The van der Waals surface area contributed by atoms with Crippen molar-refractivity contribution in [3.8, 4) is 0 Å². The predicted molar refractivity (Wildman–Crippen MR) is 71.4 cm³/mol. The van der Waals surface area contributed by atoms with Gasteiger partial charge in [-0.15, -0.1) is 0 Å². The number of hydrogen-bond acceptors (Lipinski definition) is 2. The third kappa shape index (κ3) is 1.98. The number of para-hydroxylation sites is 1. The number of aromatic nitrogens is 1. The van der Waals surface area contributed by atoms with E-state index in [9.17, 15) is 4.79 Å². The zero-order chi connectivity index (χ0) is 12.4. The second-order valence-corrected chi connectivity index (χ2v) is 4.34. The molecule has 2 aromatic rings. The van der Waals surface area contributed by atoms with Crippen molar-refractivity contribution in [3.05, 3.63) is 46.2 Å². The van der Waals surface area contributed by atoms with Crippen LogP contribution in [0.4, 0.5) is 0 Å². The number of aryl methyl sites for hydroxylation is 1. The quantitative estimate of drug-likeness (QED) is 0.877. The van der Waals surface area contributed by atoms with Crippen LogP contribution in [0.3, 0.4) is 0 Å². The average Bonchev–Trinajstić information content (AvgIpc) is 2.37. The Balaban J connectivity index is 2.80. The van der Waals surface area contributed by atoms with Crippen molar-refractivity contribution in [1.29, 1.82) is 0 Å². The summed E-state index contributed by atoms with van der Waals surface area (Å²) in [6.07, 6.45) is 0. The van der Waals surface area contributed by atoms with Crippen LogP contribution < -0.4 is 11.3 Å². The maximum Gasteiger partial charge on any atom is 0.254 e. The van der Waals surface area contributed by atoms with Gasteiger partial charge in [0.25, 0.3) is 5.56 Å². The maximum atomic E-state index is 12.3. The number of fused-ring (bicyclic) bond motifs is 1. The van der Waals surface area contributed by atoms with Crippen LogP contribution in [0.5, 0.6) is 0 Å². The van der Waals surface area contributed by atoms with Crippen LogP contribution in [0.25, 0.3) is 10.9 Å². The molecule has 1 unspecified atom stereocenters. The first-order chi connectivity index (χ1) is 8.19. The summed E-state index contributed by atoms with van der Waals surface area (Å²) in [7, 11) is 0. The van der Waals surface area contributed by atoms with E-state index in [2.05, 4.69) is 0 Å². The van der Waals surface area contributed by atoms with Gasteiger partial charge in [0.15, 0.2) is 0 Å². The van der Waals surface area contributed by atoms with Gasteiger partial charge in [0, 0.05) is 12.1 Å². The van der Waals surface area contributed by atoms with E-state index < -0.39 is 0 Å². The number of pyridine rings is 1. The monoisotopic (exact) mass is 230 g/mol. The highest BCUT2D eigenvalue weighted by atomic mass is 16.1. The lowest BCUT2D eigenvalue weighted by molar-refractivity contribution is 0.706. The molecular formula is C14H18N2O. The molecule has 1 atom stereocenters. The molecule has 2 rings (SSSR count). The lowest BCUT2D eigenvalue weighted by Crippen LogP contribution is -2.26.